The molecule has 1 atom stereocenters. The summed E-state index contributed by atoms with van der Waals surface area (Å²) in [6, 6.07) is 2.38. The molecule has 0 unspecified atom stereocenters. The first kappa shape index (κ1) is 11.7. The van der Waals surface area contributed by atoms with E-state index in [1.54, 1.807) is 13.0 Å². The molecule has 1 aromatic carbocycles. The number of nitrogens with two attached hydrogens (primary N) is 1. The number of allylic oxidation sites excluding steroid dienone is 1. The van der Waals surface area contributed by atoms with Crippen molar-refractivity contribution in [1.82, 2.24) is 0 Å². The lowest BCUT2D eigenvalue weighted by Gasteiger charge is -2.15. The highest BCUT2D eigenvalue weighted by atomic mass is 19.1. The lowest BCUT2D eigenvalue weighted by atomic mass is 9.99. The van der Waals surface area contributed by atoms with Crippen LogP contribution in [0, 0.1) is 12.7 Å². The largest absolute Gasteiger partial charge is 0.507 e. The van der Waals surface area contributed by atoms with Crippen LogP contribution in [-0.4, -0.2) is 5.11 Å². The highest BCUT2D eigenvalue weighted by Gasteiger charge is 2.16. The second kappa shape index (κ2) is 4.94. The van der Waals surface area contributed by atoms with Gasteiger partial charge in [0.2, 0.25) is 0 Å². The molecule has 2 nitrogen and oxygen atoms in total. The third-order valence-electron chi connectivity index (χ3n) is 2.42. The van der Waals surface area contributed by atoms with Crippen molar-refractivity contribution < 1.29 is 9.50 Å². The topological polar surface area (TPSA) is 46.2 Å². The molecule has 15 heavy (non-hydrogen) atoms. The van der Waals surface area contributed by atoms with E-state index >= 15 is 0 Å². The number of aryl methyl sites for hydroxylation is 1. The van der Waals surface area contributed by atoms with Gasteiger partial charge in [0.05, 0.1) is 0 Å². The van der Waals surface area contributed by atoms with E-state index in [2.05, 4.69) is 6.58 Å². The van der Waals surface area contributed by atoms with Gasteiger partial charge in [-0.05, 0) is 31.4 Å². The van der Waals surface area contributed by atoms with Crippen LogP contribution in [-0.2, 0) is 0 Å². The van der Waals surface area contributed by atoms with E-state index in [0.29, 0.717) is 18.4 Å². The number of aromatic hydroxyl groups is 1. The SMILES string of the molecule is C=CCC[C@H](N)c1c(F)ccc(C)c1O. The van der Waals surface area contributed by atoms with Gasteiger partial charge in [0, 0.05) is 11.6 Å². The first-order valence-electron chi connectivity index (χ1n) is 4.92. The Morgan fingerprint density at radius 3 is 2.87 bits per heavy atom. The molecule has 82 valence electrons. The first-order valence-corrected chi connectivity index (χ1v) is 4.92. The summed E-state index contributed by atoms with van der Waals surface area (Å²) < 4.78 is 13.4. The summed E-state index contributed by atoms with van der Waals surface area (Å²) in [4.78, 5) is 0. The van der Waals surface area contributed by atoms with Crippen molar-refractivity contribution in [1.29, 1.82) is 0 Å². The molecule has 0 aliphatic carbocycles. The number of phenolic OH excluding ortho intramolecular Hbond substituents is 1. The molecule has 1 aromatic rings. The van der Waals surface area contributed by atoms with Gasteiger partial charge in [-0.3, -0.25) is 0 Å². The van der Waals surface area contributed by atoms with Crippen LogP contribution in [0.2, 0.25) is 0 Å². The second-order valence-corrected chi connectivity index (χ2v) is 3.60. The van der Waals surface area contributed by atoms with Gasteiger partial charge in [0.1, 0.15) is 11.6 Å². The number of hydrogen-bond donors (Lipinski definition) is 2. The second-order valence-electron chi connectivity index (χ2n) is 3.60. The molecule has 0 bridgehead atoms. The summed E-state index contributed by atoms with van der Waals surface area (Å²) in [5.41, 5.74) is 6.65. The molecule has 3 heteroatoms. The van der Waals surface area contributed by atoms with E-state index in [0.717, 1.165) is 0 Å². The van der Waals surface area contributed by atoms with E-state index in [9.17, 15) is 9.50 Å². The van der Waals surface area contributed by atoms with Gasteiger partial charge in [0.15, 0.2) is 0 Å². The summed E-state index contributed by atoms with van der Waals surface area (Å²) in [7, 11) is 0. The maximum absolute atomic E-state index is 13.4. The van der Waals surface area contributed by atoms with E-state index in [4.69, 9.17) is 5.73 Å². The zero-order valence-electron chi connectivity index (χ0n) is 8.83. The molecule has 0 saturated heterocycles. The third-order valence-corrected chi connectivity index (χ3v) is 2.42. The van der Waals surface area contributed by atoms with Crippen molar-refractivity contribution in [3.63, 3.8) is 0 Å². The molecule has 1 rings (SSSR count). The fourth-order valence-corrected chi connectivity index (χ4v) is 1.49. The zero-order chi connectivity index (χ0) is 11.4. The smallest absolute Gasteiger partial charge is 0.131 e. The predicted octanol–water partition coefficient (Wildman–Crippen LogP) is 2.81. The summed E-state index contributed by atoms with van der Waals surface area (Å²) in [5, 5.41) is 9.70. The lowest BCUT2D eigenvalue weighted by molar-refractivity contribution is 0.441. The Hall–Kier alpha value is -1.35. The zero-order valence-corrected chi connectivity index (χ0v) is 8.83. The van der Waals surface area contributed by atoms with Crippen LogP contribution in [0.5, 0.6) is 5.75 Å². The molecule has 0 radical (unpaired) electrons. The number of halogens is 1. The predicted molar refractivity (Wildman–Crippen MR) is 59.2 cm³/mol. The summed E-state index contributed by atoms with van der Waals surface area (Å²) in [5.74, 6) is -0.485. The van der Waals surface area contributed by atoms with Crippen LogP contribution >= 0.6 is 0 Å². The van der Waals surface area contributed by atoms with Gasteiger partial charge < -0.3 is 10.8 Å². The maximum Gasteiger partial charge on any atom is 0.131 e. The number of hydrogen-bond acceptors (Lipinski definition) is 2. The molecule has 0 aliphatic rings. The van der Waals surface area contributed by atoms with Crippen molar-refractivity contribution in [2.75, 3.05) is 0 Å². The van der Waals surface area contributed by atoms with E-state index in [1.807, 2.05) is 0 Å². The van der Waals surface area contributed by atoms with Crippen LogP contribution in [0.1, 0.15) is 30.0 Å². The Bertz CT molecular complexity index is 363. The standard InChI is InChI=1S/C12H16FNO/c1-3-4-5-10(14)11-9(13)7-6-8(2)12(11)15/h3,6-7,10,15H,1,4-5,14H2,2H3/t10-/m0/s1. The van der Waals surface area contributed by atoms with Gasteiger partial charge in [-0.25, -0.2) is 4.39 Å². The molecule has 0 heterocycles. The fourth-order valence-electron chi connectivity index (χ4n) is 1.49. The monoisotopic (exact) mass is 209 g/mol. The first-order chi connectivity index (χ1) is 7.07. The van der Waals surface area contributed by atoms with Crippen LogP contribution in [0.25, 0.3) is 0 Å². The Kier molecular flexibility index (Phi) is 3.86. The lowest BCUT2D eigenvalue weighted by Crippen LogP contribution is -2.12. The van der Waals surface area contributed by atoms with Crippen molar-refractivity contribution in [3.05, 3.63) is 41.7 Å². The van der Waals surface area contributed by atoms with Crippen molar-refractivity contribution in [2.24, 2.45) is 5.73 Å². The van der Waals surface area contributed by atoms with Crippen LogP contribution in [0.3, 0.4) is 0 Å². The van der Waals surface area contributed by atoms with Gasteiger partial charge in [-0.15, -0.1) is 6.58 Å². The average molecular weight is 209 g/mol. The van der Waals surface area contributed by atoms with Crippen LogP contribution in [0.4, 0.5) is 4.39 Å². The Morgan fingerprint density at radius 2 is 2.27 bits per heavy atom. The molecule has 0 saturated carbocycles. The van der Waals surface area contributed by atoms with Crippen molar-refractivity contribution in [3.8, 4) is 5.75 Å². The molecule has 0 aromatic heterocycles. The van der Waals surface area contributed by atoms with E-state index < -0.39 is 11.9 Å². The third kappa shape index (κ3) is 2.57. The molecule has 0 amide bonds. The minimum absolute atomic E-state index is 0.0356. The Balaban J connectivity index is 3.01. The maximum atomic E-state index is 13.4. The molecule has 0 spiro atoms. The van der Waals surface area contributed by atoms with Crippen molar-refractivity contribution in [2.45, 2.75) is 25.8 Å². The van der Waals surface area contributed by atoms with E-state index in [-0.39, 0.29) is 11.3 Å². The molecular weight excluding hydrogens is 193 g/mol. The fraction of sp³-hybridized carbons (Fsp3) is 0.333. The van der Waals surface area contributed by atoms with Crippen LogP contribution in [0.15, 0.2) is 24.8 Å². The minimum Gasteiger partial charge on any atom is -0.507 e. The quantitative estimate of drug-likeness (QED) is 0.749. The van der Waals surface area contributed by atoms with Gasteiger partial charge in [0.25, 0.3) is 0 Å². The van der Waals surface area contributed by atoms with E-state index in [1.165, 1.54) is 12.1 Å². The van der Waals surface area contributed by atoms with Crippen LogP contribution < -0.4 is 5.73 Å². The Morgan fingerprint density at radius 1 is 1.60 bits per heavy atom. The summed E-state index contributed by atoms with van der Waals surface area (Å²) >= 11 is 0. The molecule has 0 fully saturated rings. The van der Waals surface area contributed by atoms with Crippen molar-refractivity contribution >= 4 is 0 Å². The normalized spacial score (nSPS) is 12.5. The highest BCUT2D eigenvalue weighted by molar-refractivity contribution is 5.42. The summed E-state index contributed by atoms with van der Waals surface area (Å²) in [6.45, 7) is 5.30. The highest BCUT2D eigenvalue weighted by Crippen LogP contribution is 2.31. The minimum atomic E-state index is -0.483. The van der Waals surface area contributed by atoms with Gasteiger partial charge in [-0.2, -0.15) is 0 Å². The molecular formula is C12H16FNO. The molecule has 3 N–H and O–H groups in total. The molecule has 0 aliphatic heterocycles. The van der Waals surface area contributed by atoms with Gasteiger partial charge >= 0.3 is 0 Å². The summed E-state index contributed by atoms with van der Waals surface area (Å²) in [6.07, 6.45) is 3.01. The average Bonchev–Trinajstić information content (AvgIpc) is 2.21. The Labute approximate surface area is 89.2 Å². The number of phenols is 1. The number of rotatable bonds is 4. The van der Waals surface area contributed by atoms with Gasteiger partial charge in [-0.1, -0.05) is 12.1 Å². The number of benzene rings is 1.